The molecule has 4 atom stereocenters. The predicted molar refractivity (Wildman–Crippen MR) is 63.7 cm³/mol. The number of rotatable bonds is 2. The molecule has 3 N–H and O–H groups in total. The van der Waals surface area contributed by atoms with Crippen LogP contribution in [0, 0.1) is 0 Å². The molecule has 2 heterocycles. The van der Waals surface area contributed by atoms with E-state index >= 15 is 0 Å². The molecular formula is C13H18N2O. The first-order valence-corrected chi connectivity index (χ1v) is 5.95. The summed E-state index contributed by atoms with van der Waals surface area (Å²) < 4.78 is 5.17. The zero-order valence-electron chi connectivity index (χ0n) is 9.52. The van der Waals surface area contributed by atoms with E-state index in [1.807, 2.05) is 12.1 Å². The van der Waals surface area contributed by atoms with Gasteiger partial charge in [0, 0.05) is 24.0 Å². The molecule has 4 unspecified atom stereocenters. The molecular weight excluding hydrogens is 200 g/mol. The number of hydrogen-bond acceptors (Lipinski definition) is 3. The molecule has 0 saturated carbocycles. The number of methoxy groups -OCH3 is 1. The Labute approximate surface area is 96.0 Å². The minimum Gasteiger partial charge on any atom is -0.497 e. The second-order valence-corrected chi connectivity index (χ2v) is 4.83. The smallest absolute Gasteiger partial charge is 0.118 e. The Bertz CT molecular complexity index is 374. The van der Waals surface area contributed by atoms with Gasteiger partial charge in [-0.15, -0.1) is 0 Å². The van der Waals surface area contributed by atoms with Gasteiger partial charge in [0.05, 0.1) is 7.11 Å². The topological polar surface area (TPSA) is 47.3 Å². The molecule has 16 heavy (non-hydrogen) atoms. The molecule has 3 rings (SSSR count). The van der Waals surface area contributed by atoms with Gasteiger partial charge in [0.1, 0.15) is 5.75 Å². The highest BCUT2D eigenvalue weighted by atomic mass is 16.5. The summed E-state index contributed by atoms with van der Waals surface area (Å²) in [4.78, 5) is 0. The molecule has 3 nitrogen and oxygen atoms in total. The zero-order valence-corrected chi connectivity index (χ0v) is 9.52. The molecule has 0 spiro atoms. The highest BCUT2D eigenvalue weighted by Gasteiger charge is 2.45. The molecule has 0 aliphatic carbocycles. The van der Waals surface area contributed by atoms with Crippen LogP contribution in [-0.4, -0.2) is 25.2 Å². The van der Waals surface area contributed by atoms with Crippen molar-refractivity contribution >= 4 is 0 Å². The second kappa shape index (κ2) is 3.75. The number of fused-ring (bicyclic) bond motifs is 2. The van der Waals surface area contributed by atoms with Crippen LogP contribution in [0.3, 0.4) is 0 Å². The van der Waals surface area contributed by atoms with E-state index in [1.54, 1.807) is 7.11 Å². The standard InChI is InChI=1S/C13H18N2O/c1-16-9-4-2-8(3-5-9)12-10-6-7-11(15-10)13(12)14/h2-5,10-13,15H,6-7,14H2,1H3. The quantitative estimate of drug-likeness (QED) is 0.785. The van der Waals surface area contributed by atoms with Crippen molar-refractivity contribution in [2.75, 3.05) is 7.11 Å². The Balaban J connectivity index is 1.86. The lowest BCUT2D eigenvalue weighted by molar-refractivity contribution is 0.413. The molecule has 1 aromatic carbocycles. The molecule has 2 fully saturated rings. The molecule has 1 aromatic rings. The third-order valence-electron chi connectivity index (χ3n) is 4.03. The summed E-state index contributed by atoms with van der Waals surface area (Å²) in [5, 5.41) is 3.60. The Kier molecular flexibility index (Phi) is 2.37. The average molecular weight is 218 g/mol. The summed E-state index contributed by atoms with van der Waals surface area (Å²) in [5.41, 5.74) is 7.61. The van der Waals surface area contributed by atoms with E-state index in [0.717, 1.165) is 5.75 Å². The van der Waals surface area contributed by atoms with Crippen LogP contribution >= 0.6 is 0 Å². The van der Waals surface area contributed by atoms with Gasteiger partial charge in [-0.1, -0.05) is 12.1 Å². The van der Waals surface area contributed by atoms with Crippen LogP contribution in [0.25, 0.3) is 0 Å². The van der Waals surface area contributed by atoms with Gasteiger partial charge in [-0.2, -0.15) is 0 Å². The summed E-state index contributed by atoms with van der Waals surface area (Å²) in [6.07, 6.45) is 2.49. The van der Waals surface area contributed by atoms with Gasteiger partial charge in [-0.25, -0.2) is 0 Å². The van der Waals surface area contributed by atoms with Crippen LogP contribution in [0.2, 0.25) is 0 Å². The van der Waals surface area contributed by atoms with Crippen LogP contribution in [0.15, 0.2) is 24.3 Å². The second-order valence-electron chi connectivity index (χ2n) is 4.83. The van der Waals surface area contributed by atoms with E-state index in [9.17, 15) is 0 Å². The Morgan fingerprint density at radius 2 is 1.88 bits per heavy atom. The maximum absolute atomic E-state index is 6.27. The highest BCUT2D eigenvalue weighted by molar-refractivity contribution is 5.33. The highest BCUT2D eigenvalue weighted by Crippen LogP contribution is 2.39. The normalized spacial score (nSPS) is 36.6. The molecule has 0 radical (unpaired) electrons. The van der Waals surface area contributed by atoms with Gasteiger partial charge in [-0.05, 0) is 30.5 Å². The third kappa shape index (κ3) is 1.43. The summed E-state index contributed by atoms with van der Waals surface area (Å²) in [6, 6.07) is 9.71. The molecule has 3 heteroatoms. The molecule has 0 aromatic heterocycles. The van der Waals surface area contributed by atoms with Gasteiger partial charge >= 0.3 is 0 Å². The lowest BCUT2D eigenvalue weighted by atomic mass is 9.80. The number of benzene rings is 1. The monoisotopic (exact) mass is 218 g/mol. The summed E-state index contributed by atoms with van der Waals surface area (Å²) in [5.74, 6) is 1.39. The molecule has 2 bridgehead atoms. The number of ether oxygens (including phenoxy) is 1. The van der Waals surface area contributed by atoms with Crippen LogP contribution in [0.4, 0.5) is 0 Å². The number of hydrogen-bond donors (Lipinski definition) is 2. The van der Waals surface area contributed by atoms with Crippen molar-refractivity contribution < 1.29 is 4.74 Å². The number of nitrogens with two attached hydrogens (primary N) is 1. The number of nitrogens with one attached hydrogen (secondary N) is 1. The molecule has 0 amide bonds. The van der Waals surface area contributed by atoms with Crippen LogP contribution in [-0.2, 0) is 0 Å². The van der Waals surface area contributed by atoms with E-state index in [-0.39, 0.29) is 6.04 Å². The van der Waals surface area contributed by atoms with Crippen LogP contribution in [0.1, 0.15) is 24.3 Å². The van der Waals surface area contributed by atoms with Gasteiger partial charge in [0.15, 0.2) is 0 Å². The third-order valence-corrected chi connectivity index (χ3v) is 4.03. The van der Waals surface area contributed by atoms with E-state index in [2.05, 4.69) is 17.4 Å². The van der Waals surface area contributed by atoms with E-state index < -0.39 is 0 Å². The van der Waals surface area contributed by atoms with E-state index in [4.69, 9.17) is 10.5 Å². The van der Waals surface area contributed by atoms with Crippen molar-refractivity contribution in [1.82, 2.24) is 5.32 Å². The van der Waals surface area contributed by atoms with Crippen molar-refractivity contribution in [3.63, 3.8) is 0 Å². The lowest BCUT2D eigenvalue weighted by Crippen LogP contribution is -2.38. The van der Waals surface area contributed by atoms with Crippen molar-refractivity contribution in [3.05, 3.63) is 29.8 Å². The fourth-order valence-corrected chi connectivity index (χ4v) is 3.19. The minimum atomic E-state index is 0.271. The lowest BCUT2D eigenvalue weighted by Gasteiger charge is -2.26. The molecule has 2 saturated heterocycles. The maximum Gasteiger partial charge on any atom is 0.118 e. The summed E-state index contributed by atoms with van der Waals surface area (Å²) >= 11 is 0. The molecule has 2 aliphatic rings. The first-order chi connectivity index (χ1) is 7.79. The Morgan fingerprint density at radius 1 is 1.19 bits per heavy atom. The fourth-order valence-electron chi connectivity index (χ4n) is 3.19. The van der Waals surface area contributed by atoms with Gasteiger partial charge in [-0.3, -0.25) is 0 Å². The molecule has 2 aliphatic heterocycles. The van der Waals surface area contributed by atoms with Gasteiger partial charge < -0.3 is 15.8 Å². The van der Waals surface area contributed by atoms with Gasteiger partial charge in [0.2, 0.25) is 0 Å². The Hall–Kier alpha value is -1.06. The first-order valence-electron chi connectivity index (χ1n) is 5.95. The first kappa shape index (κ1) is 10.1. The summed E-state index contributed by atoms with van der Waals surface area (Å²) in [7, 11) is 1.69. The van der Waals surface area contributed by atoms with E-state index in [0.29, 0.717) is 18.0 Å². The summed E-state index contributed by atoms with van der Waals surface area (Å²) in [6.45, 7) is 0. The van der Waals surface area contributed by atoms with E-state index in [1.165, 1.54) is 18.4 Å². The molecule has 86 valence electrons. The van der Waals surface area contributed by atoms with Crippen molar-refractivity contribution in [2.24, 2.45) is 5.73 Å². The van der Waals surface area contributed by atoms with Gasteiger partial charge in [0.25, 0.3) is 0 Å². The van der Waals surface area contributed by atoms with Crippen LogP contribution in [0.5, 0.6) is 5.75 Å². The van der Waals surface area contributed by atoms with Crippen LogP contribution < -0.4 is 15.8 Å². The zero-order chi connectivity index (χ0) is 11.1. The largest absolute Gasteiger partial charge is 0.497 e. The maximum atomic E-state index is 6.27. The predicted octanol–water partition coefficient (Wildman–Crippen LogP) is 1.24. The van der Waals surface area contributed by atoms with Crippen molar-refractivity contribution in [3.8, 4) is 5.75 Å². The average Bonchev–Trinajstić information content (AvgIpc) is 2.90. The Morgan fingerprint density at radius 3 is 2.44 bits per heavy atom. The fraction of sp³-hybridized carbons (Fsp3) is 0.538. The SMILES string of the molecule is COc1ccc(C2C3CCC(N3)C2N)cc1. The van der Waals surface area contributed by atoms with Crippen molar-refractivity contribution in [2.45, 2.75) is 36.9 Å². The minimum absolute atomic E-state index is 0.271. The van der Waals surface area contributed by atoms with Crippen molar-refractivity contribution in [1.29, 1.82) is 0 Å².